The Kier molecular flexibility index (Phi) is 6.59. The average molecular weight is 417 g/mol. The van der Waals surface area contributed by atoms with Gasteiger partial charge in [0.15, 0.2) is 0 Å². The fourth-order valence-corrected chi connectivity index (χ4v) is 5.21. The zero-order chi connectivity index (χ0) is 21.0. The number of piperidine rings is 1. The van der Waals surface area contributed by atoms with Crippen LogP contribution in [0.3, 0.4) is 0 Å². The molecule has 1 aliphatic rings. The predicted molar refractivity (Wildman–Crippen MR) is 112 cm³/mol. The molecule has 1 fully saturated rings. The Balaban J connectivity index is 1.59. The maximum atomic E-state index is 12.8. The first-order valence-corrected chi connectivity index (χ1v) is 11.3. The van der Waals surface area contributed by atoms with Gasteiger partial charge in [-0.15, -0.1) is 0 Å². The van der Waals surface area contributed by atoms with Crippen molar-refractivity contribution in [2.24, 2.45) is 5.92 Å². The van der Waals surface area contributed by atoms with E-state index < -0.39 is 10.0 Å². The van der Waals surface area contributed by atoms with Crippen molar-refractivity contribution >= 4 is 15.9 Å². The van der Waals surface area contributed by atoms with E-state index in [2.05, 4.69) is 5.32 Å². The highest BCUT2D eigenvalue weighted by molar-refractivity contribution is 7.89. The van der Waals surface area contributed by atoms with Crippen molar-refractivity contribution in [3.63, 3.8) is 0 Å². The van der Waals surface area contributed by atoms with Gasteiger partial charge >= 0.3 is 0 Å². The Morgan fingerprint density at radius 2 is 1.72 bits per heavy atom. The molecule has 1 amide bonds. The molecular weight excluding hydrogens is 388 g/mol. The number of nitrogens with zero attached hydrogens (tertiary/aromatic N) is 1. The lowest BCUT2D eigenvalue weighted by atomic mass is 9.96. The van der Waals surface area contributed by atoms with Crippen molar-refractivity contribution in [3.8, 4) is 5.75 Å². The lowest BCUT2D eigenvalue weighted by Gasteiger charge is -2.31. The van der Waals surface area contributed by atoms with Crippen LogP contribution >= 0.6 is 0 Å². The molecule has 3 rings (SSSR count). The summed E-state index contributed by atoms with van der Waals surface area (Å²) < 4.78 is 32.2. The molecule has 0 bridgehead atoms. The van der Waals surface area contributed by atoms with E-state index >= 15 is 0 Å². The third kappa shape index (κ3) is 4.79. The lowest BCUT2D eigenvalue weighted by Crippen LogP contribution is -2.43. The van der Waals surface area contributed by atoms with Crippen molar-refractivity contribution in [1.29, 1.82) is 0 Å². The second-order valence-electron chi connectivity index (χ2n) is 7.44. The SMILES string of the molecule is COc1ccc(S(=O)(=O)N2CCC(C(=O)NC(C)c3ccccc3C)CC2)cc1. The largest absolute Gasteiger partial charge is 0.497 e. The summed E-state index contributed by atoms with van der Waals surface area (Å²) >= 11 is 0. The Labute approximate surface area is 172 Å². The normalized spacial score (nSPS) is 16.9. The van der Waals surface area contributed by atoms with Crippen LogP contribution in [0.25, 0.3) is 0 Å². The Morgan fingerprint density at radius 3 is 2.31 bits per heavy atom. The minimum atomic E-state index is -3.56. The molecule has 0 aliphatic carbocycles. The van der Waals surface area contributed by atoms with Crippen molar-refractivity contribution < 1.29 is 17.9 Å². The zero-order valence-corrected chi connectivity index (χ0v) is 17.9. The molecule has 1 heterocycles. The number of methoxy groups -OCH3 is 1. The van der Waals surface area contributed by atoms with Crippen LogP contribution in [0.1, 0.15) is 36.9 Å². The monoisotopic (exact) mass is 416 g/mol. The zero-order valence-electron chi connectivity index (χ0n) is 17.1. The van der Waals surface area contributed by atoms with Crippen LogP contribution in [0.5, 0.6) is 5.75 Å². The van der Waals surface area contributed by atoms with Gasteiger partial charge in [-0.05, 0) is 62.1 Å². The molecule has 0 aromatic heterocycles. The molecule has 7 heteroatoms. The van der Waals surface area contributed by atoms with Crippen LogP contribution in [-0.2, 0) is 14.8 Å². The summed E-state index contributed by atoms with van der Waals surface area (Å²) in [5, 5.41) is 3.08. The quantitative estimate of drug-likeness (QED) is 0.784. The van der Waals surface area contributed by atoms with E-state index in [1.165, 1.54) is 4.31 Å². The topological polar surface area (TPSA) is 75.7 Å². The van der Waals surface area contributed by atoms with Gasteiger partial charge in [0.25, 0.3) is 0 Å². The summed E-state index contributed by atoms with van der Waals surface area (Å²) in [7, 11) is -2.02. The highest BCUT2D eigenvalue weighted by Gasteiger charge is 2.32. The number of sulfonamides is 1. The number of nitrogens with one attached hydrogen (secondary N) is 1. The molecule has 6 nitrogen and oxygen atoms in total. The van der Waals surface area contributed by atoms with E-state index in [9.17, 15) is 13.2 Å². The summed E-state index contributed by atoms with van der Waals surface area (Å²) in [6.07, 6.45) is 1.03. The highest BCUT2D eigenvalue weighted by Crippen LogP contribution is 2.26. The molecule has 1 atom stereocenters. The van der Waals surface area contributed by atoms with Crippen molar-refractivity contribution in [1.82, 2.24) is 9.62 Å². The molecule has 2 aromatic rings. The van der Waals surface area contributed by atoms with E-state index in [1.54, 1.807) is 31.4 Å². The molecule has 0 spiro atoms. The molecule has 0 radical (unpaired) electrons. The summed E-state index contributed by atoms with van der Waals surface area (Å²) in [4.78, 5) is 12.9. The molecule has 1 unspecified atom stereocenters. The summed E-state index contributed by atoms with van der Waals surface area (Å²) in [5.41, 5.74) is 2.24. The van der Waals surface area contributed by atoms with Gasteiger partial charge in [-0.1, -0.05) is 24.3 Å². The molecule has 1 saturated heterocycles. The van der Waals surface area contributed by atoms with Gasteiger partial charge in [-0.25, -0.2) is 8.42 Å². The maximum Gasteiger partial charge on any atom is 0.243 e. The molecule has 1 N–H and O–H groups in total. The van der Waals surface area contributed by atoms with Crippen molar-refractivity contribution in [2.75, 3.05) is 20.2 Å². The summed E-state index contributed by atoms with van der Waals surface area (Å²) in [6, 6.07) is 14.3. The van der Waals surface area contributed by atoms with E-state index in [1.807, 2.05) is 38.1 Å². The first-order valence-electron chi connectivity index (χ1n) is 9.83. The van der Waals surface area contributed by atoms with Gasteiger partial charge in [0.2, 0.25) is 15.9 Å². The van der Waals surface area contributed by atoms with E-state index in [4.69, 9.17) is 4.74 Å². The minimum absolute atomic E-state index is 0.0118. The third-order valence-electron chi connectivity index (χ3n) is 5.54. The second kappa shape index (κ2) is 8.97. The fraction of sp³-hybridized carbons (Fsp3) is 0.409. The van der Waals surface area contributed by atoms with Crippen molar-refractivity contribution in [2.45, 2.75) is 37.6 Å². The number of carbonyl (C=O) groups excluding carboxylic acids is 1. The van der Waals surface area contributed by atoms with Crippen LogP contribution in [0.4, 0.5) is 0 Å². The van der Waals surface area contributed by atoms with Crippen molar-refractivity contribution in [3.05, 3.63) is 59.7 Å². The van der Waals surface area contributed by atoms with Gasteiger partial charge < -0.3 is 10.1 Å². The minimum Gasteiger partial charge on any atom is -0.497 e. The number of amides is 1. The number of ether oxygens (including phenoxy) is 1. The van der Waals surface area contributed by atoms with Crippen LogP contribution in [0.2, 0.25) is 0 Å². The van der Waals surface area contributed by atoms with Gasteiger partial charge in [-0.2, -0.15) is 4.31 Å². The number of rotatable bonds is 6. The standard InChI is InChI=1S/C22H28N2O4S/c1-16-6-4-5-7-21(16)17(2)23-22(25)18-12-14-24(15-13-18)29(26,27)20-10-8-19(28-3)9-11-20/h4-11,17-18H,12-15H2,1-3H3,(H,23,25). The highest BCUT2D eigenvalue weighted by atomic mass is 32.2. The Morgan fingerprint density at radius 1 is 1.10 bits per heavy atom. The lowest BCUT2D eigenvalue weighted by molar-refractivity contribution is -0.126. The Hall–Kier alpha value is -2.38. The van der Waals surface area contributed by atoms with Gasteiger partial charge in [-0.3, -0.25) is 4.79 Å². The van der Waals surface area contributed by atoms with E-state index in [-0.39, 0.29) is 22.8 Å². The van der Waals surface area contributed by atoms with Crippen LogP contribution in [-0.4, -0.2) is 38.8 Å². The van der Waals surface area contributed by atoms with Gasteiger partial charge in [0, 0.05) is 19.0 Å². The number of hydrogen-bond acceptors (Lipinski definition) is 4. The van der Waals surface area contributed by atoms with Crippen LogP contribution in [0, 0.1) is 12.8 Å². The number of hydrogen-bond donors (Lipinski definition) is 1. The summed E-state index contributed by atoms with van der Waals surface area (Å²) in [6.45, 7) is 4.68. The van der Waals surface area contributed by atoms with Crippen LogP contribution < -0.4 is 10.1 Å². The molecule has 156 valence electrons. The first-order chi connectivity index (χ1) is 13.8. The van der Waals surface area contributed by atoms with Gasteiger partial charge in [0.1, 0.15) is 5.75 Å². The fourth-order valence-electron chi connectivity index (χ4n) is 3.74. The molecule has 29 heavy (non-hydrogen) atoms. The third-order valence-corrected chi connectivity index (χ3v) is 7.45. The first kappa shape index (κ1) is 21.3. The predicted octanol–water partition coefficient (Wildman–Crippen LogP) is 3.28. The number of carbonyl (C=O) groups is 1. The smallest absolute Gasteiger partial charge is 0.243 e. The molecule has 0 saturated carbocycles. The average Bonchev–Trinajstić information content (AvgIpc) is 2.74. The molecular formula is C22H28N2O4S. The molecule has 1 aliphatic heterocycles. The van der Waals surface area contributed by atoms with E-state index in [0.29, 0.717) is 31.7 Å². The second-order valence-corrected chi connectivity index (χ2v) is 9.38. The number of benzene rings is 2. The van der Waals surface area contributed by atoms with Gasteiger partial charge in [0.05, 0.1) is 18.0 Å². The summed E-state index contributed by atoms with van der Waals surface area (Å²) in [5.74, 6) is 0.424. The molecule has 2 aromatic carbocycles. The Bertz CT molecular complexity index is 949. The maximum absolute atomic E-state index is 12.8. The number of aryl methyl sites for hydroxylation is 1. The van der Waals surface area contributed by atoms with Crippen LogP contribution in [0.15, 0.2) is 53.4 Å². The van der Waals surface area contributed by atoms with E-state index in [0.717, 1.165) is 11.1 Å².